The Morgan fingerprint density at radius 2 is 1.90 bits per heavy atom. The van der Waals surface area contributed by atoms with E-state index >= 15 is 0 Å². The van der Waals surface area contributed by atoms with Gasteiger partial charge in [0.05, 0.1) is 0 Å². The Kier molecular flexibility index (Phi) is 5.05. The minimum Gasteiger partial charge on any atom is -0.399 e. The van der Waals surface area contributed by atoms with Crippen LogP contribution >= 0.6 is 0 Å². The summed E-state index contributed by atoms with van der Waals surface area (Å²) >= 11 is 0. The minimum atomic E-state index is 0.0184. The molecular weight excluding hydrogens is 248 g/mol. The summed E-state index contributed by atoms with van der Waals surface area (Å²) in [5.41, 5.74) is 8.19. The number of hydrogen-bond acceptors (Lipinski definition) is 2. The Morgan fingerprint density at radius 3 is 2.50 bits per heavy atom. The Morgan fingerprint density at radius 1 is 1.25 bits per heavy atom. The van der Waals surface area contributed by atoms with Gasteiger partial charge < -0.3 is 11.1 Å². The van der Waals surface area contributed by atoms with Crippen LogP contribution in [0.5, 0.6) is 0 Å². The Balaban J connectivity index is 1.97. The molecule has 0 aromatic heterocycles. The predicted octanol–water partition coefficient (Wildman–Crippen LogP) is 3.67. The lowest BCUT2D eigenvalue weighted by Crippen LogP contribution is -2.38. The van der Waals surface area contributed by atoms with Gasteiger partial charge in [-0.1, -0.05) is 25.7 Å². The van der Waals surface area contributed by atoms with Crippen molar-refractivity contribution in [1.82, 2.24) is 5.32 Å². The summed E-state index contributed by atoms with van der Waals surface area (Å²) in [7, 11) is 0. The van der Waals surface area contributed by atoms with Crippen LogP contribution in [0.3, 0.4) is 0 Å². The van der Waals surface area contributed by atoms with Crippen molar-refractivity contribution in [3.8, 4) is 0 Å². The summed E-state index contributed by atoms with van der Waals surface area (Å²) < 4.78 is 0. The summed E-state index contributed by atoms with van der Waals surface area (Å²) in [6.45, 7) is 4.07. The van der Waals surface area contributed by atoms with Crippen LogP contribution in [0, 0.1) is 12.8 Å². The number of hydrogen-bond donors (Lipinski definition) is 2. The molecule has 1 aromatic rings. The van der Waals surface area contributed by atoms with Crippen LogP contribution < -0.4 is 11.1 Å². The summed E-state index contributed by atoms with van der Waals surface area (Å²) in [5, 5.41) is 3.16. The van der Waals surface area contributed by atoms with E-state index in [1.807, 2.05) is 13.0 Å². The number of aryl methyl sites for hydroxylation is 1. The number of carbonyl (C=O) groups is 1. The molecule has 1 aliphatic carbocycles. The van der Waals surface area contributed by atoms with E-state index < -0.39 is 0 Å². The smallest absolute Gasteiger partial charge is 0.251 e. The van der Waals surface area contributed by atoms with Crippen LogP contribution in [0.2, 0.25) is 0 Å². The van der Waals surface area contributed by atoms with Crippen LogP contribution in [-0.2, 0) is 0 Å². The van der Waals surface area contributed by atoms with Crippen LogP contribution in [0.25, 0.3) is 0 Å². The Hall–Kier alpha value is -1.51. The van der Waals surface area contributed by atoms with Crippen LogP contribution in [0.15, 0.2) is 18.2 Å². The molecule has 3 nitrogen and oxygen atoms in total. The molecule has 1 fully saturated rings. The van der Waals surface area contributed by atoms with Crippen molar-refractivity contribution in [2.45, 2.75) is 58.4 Å². The number of benzene rings is 1. The third-order valence-corrected chi connectivity index (χ3v) is 4.50. The van der Waals surface area contributed by atoms with Gasteiger partial charge >= 0.3 is 0 Å². The second-order valence-electron chi connectivity index (χ2n) is 6.09. The fourth-order valence-electron chi connectivity index (χ4n) is 3.04. The zero-order valence-corrected chi connectivity index (χ0v) is 12.6. The third kappa shape index (κ3) is 3.75. The first-order valence-corrected chi connectivity index (χ1v) is 7.75. The molecule has 0 radical (unpaired) electrons. The lowest BCUT2D eigenvalue weighted by molar-refractivity contribution is 0.0924. The highest BCUT2D eigenvalue weighted by Crippen LogP contribution is 2.25. The van der Waals surface area contributed by atoms with Crippen LogP contribution in [-0.4, -0.2) is 11.9 Å². The molecule has 3 N–H and O–H groups in total. The van der Waals surface area contributed by atoms with Gasteiger partial charge in [0.15, 0.2) is 0 Å². The molecule has 0 bridgehead atoms. The van der Waals surface area contributed by atoms with E-state index in [1.54, 1.807) is 12.1 Å². The van der Waals surface area contributed by atoms with E-state index in [-0.39, 0.29) is 11.9 Å². The lowest BCUT2D eigenvalue weighted by atomic mass is 9.93. The summed E-state index contributed by atoms with van der Waals surface area (Å²) in [5.74, 6) is 0.640. The van der Waals surface area contributed by atoms with Gasteiger partial charge in [-0.25, -0.2) is 0 Å². The van der Waals surface area contributed by atoms with Crippen molar-refractivity contribution in [2.75, 3.05) is 5.73 Å². The van der Waals surface area contributed by atoms with Crippen LogP contribution in [0.1, 0.15) is 61.4 Å². The molecule has 1 atom stereocenters. The van der Waals surface area contributed by atoms with E-state index in [9.17, 15) is 4.79 Å². The van der Waals surface area contributed by atoms with Gasteiger partial charge in [0.1, 0.15) is 0 Å². The highest BCUT2D eigenvalue weighted by atomic mass is 16.1. The van der Waals surface area contributed by atoms with Crippen molar-refractivity contribution < 1.29 is 4.79 Å². The molecule has 20 heavy (non-hydrogen) atoms. The monoisotopic (exact) mass is 274 g/mol. The second-order valence-corrected chi connectivity index (χ2v) is 6.09. The predicted molar refractivity (Wildman–Crippen MR) is 83.7 cm³/mol. The molecule has 0 unspecified atom stereocenters. The quantitative estimate of drug-likeness (QED) is 0.652. The molecule has 0 spiro atoms. The fraction of sp³-hybridized carbons (Fsp3) is 0.588. The van der Waals surface area contributed by atoms with Crippen molar-refractivity contribution in [3.63, 3.8) is 0 Å². The van der Waals surface area contributed by atoms with Gasteiger partial charge in [0.25, 0.3) is 5.91 Å². The molecule has 0 aliphatic heterocycles. The largest absolute Gasteiger partial charge is 0.399 e. The zero-order chi connectivity index (χ0) is 14.5. The Bertz CT molecular complexity index is 462. The number of nitrogens with two attached hydrogens (primary N) is 1. The molecule has 110 valence electrons. The van der Waals surface area contributed by atoms with Crippen molar-refractivity contribution >= 4 is 11.6 Å². The van der Waals surface area contributed by atoms with Crippen molar-refractivity contribution in [2.24, 2.45) is 5.92 Å². The summed E-state index contributed by atoms with van der Waals surface area (Å²) in [4.78, 5) is 12.3. The number of rotatable bonds is 3. The molecular formula is C17H26N2O. The standard InChI is InChI=1S/C17H26N2O/c1-12-11-15(9-10-16(12)18)17(20)19-13(2)14-7-5-3-4-6-8-14/h9-11,13-14H,3-8,18H2,1-2H3,(H,19,20)/t13-/m1/s1. The molecule has 0 saturated heterocycles. The van der Waals surface area contributed by atoms with Gasteiger partial charge in [-0.15, -0.1) is 0 Å². The van der Waals surface area contributed by atoms with Gasteiger partial charge in [0, 0.05) is 17.3 Å². The molecule has 1 aromatic carbocycles. The number of nitrogen functional groups attached to an aromatic ring is 1. The van der Waals surface area contributed by atoms with Crippen molar-refractivity contribution in [1.29, 1.82) is 0 Å². The maximum atomic E-state index is 12.3. The first kappa shape index (κ1) is 14.9. The third-order valence-electron chi connectivity index (χ3n) is 4.50. The number of anilines is 1. The molecule has 1 amide bonds. The molecule has 1 saturated carbocycles. The second kappa shape index (κ2) is 6.78. The average molecular weight is 274 g/mol. The van der Waals surface area contributed by atoms with E-state index in [4.69, 9.17) is 5.73 Å². The number of carbonyl (C=O) groups excluding carboxylic acids is 1. The first-order valence-electron chi connectivity index (χ1n) is 7.75. The summed E-state index contributed by atoms with van der Waals surface area (Å²) in [6, 6.07) is 5.72. The van der Waals surface area contributed by atoms with Gasteiger partial charge in [-0.2, -0.15) is 0 Å². The molecule has 0 heterocycles. The number of amides is 1. The summed E-state index contributed by atoms with van der Waals surface area (Å²) in [6.07, 6.45) is 7.75. The highest BCUT2D eigenvalue weighted by molar-refractivity contribution is 5.95. The normalized spacial score (nSPS) is 18.3. The van der Waals surface area contributed by atoms with Gasteiger partial charge in [-0.3, -0.25) is 4.79 Å². The van der Waals surface area contributed by atoms with Crippen molar-refractivity contribution in [3.05, 3.63) is 29.3 Å². The van der Waals surface area contributed by atoms with Gasteiger partial charge in [0.2, 0.25) is 0 Å². The lowest BCUT2D eigenvalue weighted by Gasteiger charge is -2.23. The maximum absolute atomic E-state index is 12.3. The molecule has 2 rings (SSSR count). The Labute approximate surface area is 121 Å². The van der Waals surface area contributed by atoms with E-state index in [1.165, 1.54) is 38.5 Å². The SMILES string of the molecule is Cc1cc(C(=O)N[C@H](C)C2CCCCCC2)ccc1N. The topological polar surface area (TPSA) is 55.1 Å². The fourth-order valence-corrected chi connectivity index (χ4v) is 3.04. The zero-order valence-electron chi connectivity index (χ0n) is 12.6. The molecule has 3 heteroatoms. The first-order chi connectivity index (χ1) is 9.58. The number of nitrogens with one attached hydrogen (secondary N) is 1. The van der Waals surface area contributed by atoms with E-state index in [0.717, 1.165) is 11.3 Å². The van der Waals surface area contributed by atoms with E-state index in [2.05, 4.69) is 12.2 Å². The maximum Gasteiger partial charge on any atom is 0.251 e. The average Bonchev–Trinajstić information content (AvgIpc) is 2.70. The highest BCUT2D eigenvalue weighted by Gasteiger charge is 2.21. The minimum absolute atomic E-state index is 0.0184. The van der Waals surface area contributed by atoms with Crippen LogP contribution in [0.4, 0.5) is 5.69 Å². The molecule has 1 aliphatic rings. The van der Waals surface area contributed by atoms with E-state index in [0.29, 0.717) is 11.5 Å². The van der Waals surface area contributed by atoms with Gasteiger partial charge in [-0.05, 0) is 56.4 Å².